The van der Waals surface area contributed by atoms with Crippen molar-refractivity contribution in [1.82, 2.24) is 23.3 Å². The summed E-state index contributed by atoms with van der Waals surface area (Å²) in [6.45, 7) is 0. The quantitative estimate of drug-likeness (QED) is 0.513. The molecule has 0 fully saturated rings. The van der Waals surface area contributed by atoms with Crippen LogP contribution in [0.5, 0.6) is 0 Å². The topological polar surface area (TPSA) is 48.0 Å². The molecular weight excluding hydrogens is 234 g/mol. The van der Waals surface area contributed by atoms with Gasteiger partial charge in [-0.1, -0.05) is 12.1 Å². The molecule has 0 atom stereocenters. The molecule has 0 N–H and O–H groups in total. The minimum absolute atomic E-state index is 0.830. The predicted molar refractivity (Wildman–Crippen MR) is 65.5 cm³/mol. The first-order chi connectivity index (χ1) is 8.43. The van der Waals surface area contributed by atoms with Crippen molar-refractivity contribution in [3.8, 4) is 5.95 Å². The molecule has 5 nitrogen and oxygen atoms in total. The van der Waals surface area contributed by atoms with Crippen LogP contribution in [0.25, 0.3) is 21.9 Å². The third kappa shape index (κ3) is 1.15. The van der Waals surface area contributed by atoms with Crippen LogP contribution in [0.3, 0.4) is 0 Å². The molecule has 4 rings (SSSR count). The van der Waals surface area contributed by atoms with Gasteiger partial charge in [0.1, 0.15) is 6.33 Å². The van der Waals surface area contributed by atoms with Crippen molar-refractivity contribution in [2.24, 2.45) is 0 Å². The third-order valence-electron chi connectivity index (χ3n) is 2.67. The predicted octanol–water partition coefficient (Wildman–Crippen LogP) is 2.13. The number of hydrogen-bond donors (Lipinski definition) is 0. The highest BCUT2D eigenvalue weighted by molar-refractivity contribution is 7.11. The highest BCUT2D eigenvalue weighted by atomic mass is 32.1. The first-order valence-electron chi connectivity index (χ1n) is 5.15. The van der Waals surface area contributed by atoms with E-state index in [0.29, 0.717) is 0 Å². The van der Waals surface area contributed by atoms with Crippen molar-refractivity contribution in [1.29, 1.82) is 0 Å². The fourth-order valence-electron chi connectivity index (χ4n) is 1.92. The summed E-state index contributed by atoms with van der Waals surface area (Å²) in [7, 11) is 0. The zero-order valence-corrected chi connectivity index (χ0v) is 9.50. The molecule has 0 amide bonds. The van der Waals surface area contributed by atoms with E-state index in [-0.39, 0.29) is 0 Å². The Morgan fingerprint density at radius 1 is 1.18 bits per heavy atom. The molecule has 6 heteroatoms. The van der Waals surface area contributed by atoms with Gasteiger partial charge >= 0.3 is 0 Å². The number of rotatable bonds is 1. The van der Waals surface area contributed by atoms with Crippen LogP contribution in [-0.2, 0) is 0 Å². The second kappa shape index (κ2) is 3.14. The molecule has 0 spiro atoms. The maximum absolute atomic E-state index is 4.53. The van der Waals surface area contributed by atoms with Crippen molar-refractivity contribution < 1.29 is 0 Å². The molecule has 0 bridgehead atoms. The summed E-state index contributed by atoms with van der Waals surface area (Å²) in [6.07, 6.45) is 5.36. The van der Waals surface area contributed by atoms with Crippen molar-refractivity contribution in [3.63, 3.8) is 0 Å². The van der Waals surface area contributed by atoms with Gasteiger partial charge in [-0.15, -0.1) is 0 Å². The van der Waals surface area contributed by atoms with Gasteiger partial charge in [0, 0.05) is 23.9 Å². The van der Waals surface area contributed by atoms with Crippen molar-refractivity contribution in [3.05, 3.63) is 43.0 Å². The molecule has 0 radical (unpaired) electrons. The van der Waals surface area contributed by atoms with E-state index in [9.17, 15) is 0 Å². The van der Waals surface area contributed by atoms with E-state index in [1.54, 1.807) is 12.5 Å². The first-order valence-corrected chi connectivity index (χ1v) is 5.92. The summed E-state index contributed by atoms with van der Waals surface area (Å²) in [5.74, 6) is 0.830. The third-order valence-corrected chi connectivity index (χ3v) is 3.37. The minimum atomic E-state index is 0.830. The van der Waals surface area contributed by atoms with Crippen molar-refractivity contribution in [2.45, 2.75) is 0 Å². The number of nitrogens with zero attached hydrogens (tertiary/aromatic N) is 5. The summed E-state index contributed by atoms with van der Waals surface area (Å²) >= 11 is 1.39. The Morgan fingerprint density at radius 2 is 2.12 bits per heavy atom. The molecule has 0 aliphatic carbocycles. The fraction of sp³-hybridized carbons (Fsp3) is 0. The van der Waals surface area contributed by atoms with Crippen LogP contribution in [0.1, 0.15) is 0 Å². The zero-order chi connectivity index (χ0) is 11.2. The average molecular weight is 241 g/mol. The largest absolute Gasteiger partial charge is 0.275 e. The second-order valence-corrected chi connectivity index (χ2v) is 4.40. The van der Waals surface area contributed by atoms with Gasteiger partial charge in [0.2, 0.25) is 10.9 Å². The highest BCUT2D eigenvalue weighted by Crippen LogP contribution is 2.22. The van der Waals surface area contributed by atoms with Crippen LogP contribution >= 0.6 is 11.5 Å². The van der Waals surface area contributed by atoms with Crippen molar-refractivity contribution >= 4 is 27.5 Å². The Kier molecular flexibility index (Phi) is 1.64. The summed E-state index contributed by atoms with van der Waals surface area (Å²) in [4.78, 5) is 9.47. The standard InChI is InChI=1S/C11H7N5S/c1-2-4-9-8(3-1)13-11-16(9)10(14-17-11)15-6-5-12-7-15/h1-7H. The normalized spacial score (nSPS) is 11.5. The van der Waals surface area contributed by atoms with Gasteiger partial charge in [-0.3, -0.25) is 8.97 Å². The van der Waals surface area contributed by atoms with Gasteiger partial charge in [-0.2, -0.15) is 4.37 Å². The Morgan fingerprint density at radius 3 is 3.00 bits per heavy atom. The first kappa shape index (κ1) is 8.89. The molecule has 0 unspecified atom stereocenters. The molecule has 17 heavy (non-hydrogen) atoms. The van der Waals surface area contributed by atoms with Gasteiger partial charge < -0.3 is 0 Å². The minimum Gasteiger partial charge on any atom is -0.275 e. The van der Waals surface area contributed by atoms with Gasteiger partial charge in [0.05, 0.1) is 11.0 Å². The lowest BCUT2D eigenvalue weighted by molar-refractivity contribution is 0.943. The number of imidazole rings is 2. The smallest absolute Gasteiger partial charge is 0.233 e. The molecule has 3 heterocycles. The van der Waals surface area contributed by atoms with Crippen LogP contribution in [0.2, 0.25) is 0 Å². The van der Waals surface area contributed by atoms with Crippen LogP contribution in [0.4, 0.5) is 0 Å². The van der Waals surface area contributed by atoms with E-state index in [4.69, 9.17) is 0 Å². The zero-order valence-electron chi connectivity index (χ0n) is 8.69. The van der Waals surface area contributed by atoms with Gasteiger partial charge in [0.15, 0.2) is 0 Å². The Hall–Kier alpha value is -2.21. The Labute approximate surface area is 100 Å². The van der Waals surface area contributed by atoms with E-state index < -0.39 is 0 Å². The maximum Gasteiger partial charge on any atom is 0.233 e. The number of hydrogen-bond acceptors (Lipinski definition) is 4. The van der Waals surface area contributed by atoms with Crippen molar-refractivity contribution in [2.75, 3.05) is 0 Å². The van der Waals surface area contributed by atoms with E-state index in [0.717, 1.165) is 21.9 Å². The van der Waals surface area contributed by atoms with Crippen LogP contribution in [0, 0.1) is 0 Å². The molecule has 0 aliphatic rings. The lowest BCUT2D eigenvalue weighted by atomic mass is 10.3. The van der Waals surface area contributed by atoms with E-state index >= 15 is 0 Å². The average Bonchev–Trinajstić information content (AvgIpc) is 3.04. The molecular formula is C11H7N5S. The highest BCUT2D eigenvalue weighted by Gasteiger charge is 2.12. The van der Waals surface area contributed by atoms with E-state index in [1.807, 2.05) is 39.4 Å². The second-order valence-electron chi connectivity index (χ2n) is 3.67. The molecule has 3 aromatic heterocycles. The molecule has 0 saturated carbocycles. The number of benzene rings is 1. The molecule has 82 valence electrons. The number of para-hydroxylation sites is 2. The number of fused-ring (bicyclic) bond motifs is 3. The van der Waals surface area contributed by atoms with Crippen LogP contribution in [0.15, 0.2) is 43.0 Å². The summed E-state index contributed by atoms with van der Waals surface area (Å²) < 4.78 is 8.34. The lowest BCUT2D eigenvalue weighted by Gasteiger charge is -1.98. The van der Waals surface area contributed by atoms with E-state index in [2.05, 4.69) is 14.3 Å². The molecule has 0 saturated heterocycles. The lowest BCUT2D eigenvalue weighted by Crippen LogP contribution is -1.96. The number of aromatic nitrogens is 5. The van der Waals surface area contributed by atoms with Crippen LogP contribution in [-0.4, -0.2) is 23.3 Å². The maximum atomic E-state index is 4.53. The SMILES string of the molecule is c1ccc2c(c1)nc1snc(-n3ccnc3)n12. The Bertz CT molecular complexity index is 796. The van der Waals surface area contributed by atoms with Gasteiger partial charge in [0.25, 0.3) is 0 Å². The summed E-state index contributed by atoms with van der Waals surface area (Å²) in [5, 5.41) is 0. The molecule has 4 aromatic rings. The summed E-state index contributed by atoms with van der Waals surface area (Å²) in [6, 6.07) is 8.05. The van der Waals surface area contributed by atoms with Gasteiger partial charge in [-0.05, 0) is 12.1 Å². The molecule has 0 aliphatic heterocycles. The monoisotopic (exact) mass is 241 g/mol. The van der Waals surface area contributed by atoms with Crippen LogP contribution < -0.4 is 0 Å². The summed E-state index contributed by atoms with van der Waals surface area (Å²) in [5.41, 5.74) is 2.06. The fourth-order valence-corrected chi connectivity index (χ4v) is 2.66. The molecule has 1 aromatic carbocycles. The van der Waals surface area contributed by atoms with Gasteiger partial charge in [-0.25, -0.2) is 9.97 Å². The van der Waals surface area contributed by atoms with E-state index in [1.165, 1.54) is 11.5 Å². The Balaban J connectivity index is 2.17.